The van der Waals surface area contributed by atoms with Gasteiger partial charge in [-0.15, -0.1) is 0 Å². The normalized spacial score (nSPS) is 20.9. The van der Waals surface area contributed by atoms with E-state index in [0.717, 1.165) is 12.8 Å². The van der Waals surface area contributed by atoms with Gasteiger partial charge in [0.2, 0.25) is 0 Å². The van der Waals surface area contributed by atoms with E-state index in [4.69, 9.17) is 4.74 Å². The lowest BCUT2D eigenvalue weighted by atomic mass is 9.67. The quantitative estimate of drug-likeness (QED) is 0.651. The second-order valence-corrected chi connectivity index (χ2v) is 4.59. The smallest absolute Gasteiger partial charge is 0.312 e. The molecule has 0 N–H and O–H groups in total. The first-order chi connectivity index (χ1) is 6.63. The van der Waals surface area contributed by atoms with Crippen LogP contribution in [0.4, 0.5) is 0 Å². The van der Waals surface area contributed by atoms with E-state index in [2.05, 4.69) is 13.8 Å². The summed E-state index contributed by atoms with van der Waals surface area (Å²) in [5, 5.41) is 0. The molecule has 0 aromatic heterocycles. The monoisotopic (exact) mass is 198 g/mol. The van der Waals surface area contributed by atoms with E-state index in [0.29, 0.717) is 12.5 Å². The van der Waals surface area contributed by atoms with Gasteiger partial charge in [0.25, 0.3) is 0 Å². The molecule has 0 aromatic carbocycles. The molecule has 1 aliphatic rings. The highest BCUT2D eigenvalue weighted by Gasteiger charge is 2.43. The summed E-state index contributed by atoms with van der Waals surface area (Å²) in [7, 11) is 0. The van der Waals surface area contributed by atoms with Crippen LogP contribution in [0, 0.1) is 11.3 Å². The second-order valence-electron chi connectivity index (χ2n) is 4.59. The molecule has 1 rings (SSSR count). The van der Waals surface area contributed by atoms with Crippen LogP contribution in [0.25, 0.3) is 0 Å². The van der Waals surface area contributed by atoms with Gasteiger partial charge in [-0.25, -0.2) is 0 Å². The van der Waals surface area contributed by atoms with Gasteiger partial charge in [-0.05, 0) is 25.7 Å². The van der Waals surface area contributed by atoms with Crippen molar-refractivity contribution in [1.29, 1.82) is 0 Å². The molecule has 1 aliphatic carbocycles. The van der Waals surface area contributed by atoms with Crippen molar-refractivity contribution in [2.24, 2.45) is 11.3 Å². The molecule has 0 heterocycles. The summed E-state index contributed by atoms with van der Waals surface area (Å²) in [6.07, 6.45) is 5.66. The molecule has 2 heteroatoms. The van der Waals surface area contributed by atoms with Gasteiger partial charge in [-0.1, -0.05) is 33.1 Å². The maximum Gasteiger partial charge on any atom is 0.312 e. The Hall–Kier alpha value is -0.530. The van der Waals surface area contributed by atoms with Crippen molar-refractivity contribution < 1.29 is 9.53 Å². The number of esters is 1. The van der Waals surface area contributed by atoms with E-state index >= 15 is 0 Å². The van der Waals surface area contributed by atoms with Crippen molar-refractivity contribution in [2.75, 3.05) is 6.61 Å². The van der Waals surface area contributed by atoms with Gasteiger partial charge < -0.3 is 4.74 Å². The Balaban J connectivity index is 2.74. The van der Waals surface area contributed by atoms with E-state index in [1.807, 2.05) is 6.92 Å². The number of hydrogen-bond donors (Lipinski definition) is 0. The molecule has 0 aliphatic heterocycles. The third-order valence-electron chi connectivity index (χ3n) is 3.53. The lowest BCUT2D eigenvalue weighted by molar-refractivity contribution is -0.161. The van der Waals surface area contributed by atoms with E-state index in [9.17, 15) is 4.79 Å². The fourth-order valence-corrected chi connectivity index (χ4v) is 2.47. The van der Waals surface area contributed by atoms with Crippen molar-refractivity contribution in [1.82, 2.24) is 0 Å². The van der Waals surface area contributed by atoms with Crippen molar-refractivity contribution in [3.05, 3.63) is 0 Å². The number of hydrogen-bond acceptors (Lipinski definition) is 2. The van der Waals surface area contributed by atoms with Gasteiger partial charge in [-0.3, -0.25) is 4.79 Å². The highest BCUT2D eigenvalue weighted by atomic mass is 16.5. The third kappa shape index (κ3) is 2.10. The molecule has 2 nitrogen and oxygen atoms in total. The molecule has 1 saturated carbocycles. The van der Waals surface area contributed by atoms with Gasteiger partial charge in [0.05, 0.1) is 12.0 Å². The molecular weight excluding hydrogens is 176 g/mol. The second kappa shape index (κ2) is 4.81. The van der Waals surface area contributed by atoms with Crippen molar-refractivity contribution in [2.45, 2.75) is 52.9 Å². The molecule has 1 fully saturated rings. The summed E-state index contributed by atoms with van der Waals surface area (Å²) in [5.74, 6) is 0.441. The Morgan fingerprint density at radius 2 is 1.86 bits per heavy atom. The Morgan fingerprint density at radius 1 is 1.29 bits per heavy atom. The minimum absolute atomic E-state index is 0.0368. The molecule has 0 bridgehead atoms. The zero-order valence-corrected chi connectivity index (χ0v) is 9.64. The highest BCUT2D eigenvalue weighted by Crippen LogP contribution is 2.43. The molecule has 0 atom stereocenters. The zero-order valence-electron chi connectivity index (χ0n) is 9.64. The number of rotatable bonds is 3. The molecular formula is C12H22O2. The molecule has 82 valence electrons. The third-order valence-corrected chi connectivity index (χ3v) is 3.53. The van der Waals surface area contributed by atoms with Crippen LogP contribution in [0.2, 0.25) is 0 Å². The van der Waals surface area contributed by atoms with Gasteiger partial charge in [0.15, 0.2) is 0 Å². The van der Waals surface area contributed by atoms with Crippen molar-refractivity contribution >= 4 is 5.97 Å². The molecule has 0 unspecified atom stereocenters. The van der Waals surface area contributed by atoms with Crippen molar-refractivity contribution in [3.63, 3.8) is 0 Å². The summed E-state index contributed by atoms with van der Waals surface area (Å²) < 4.78 is 5.21. The maximum absolute atomic E-state index is 11.9. The van der Waals surface area contributed by atoms with E-state index in [-0.39, 0.29) is 11.4 Å². The van der Waals surface area contributed by atoms with Crippen LogP contribution in [0.15, 0.2) is 0 Å². The molecule has 14 heavy (non-hydrogen) atoms. The van der Waals surface area contributed by atoms with E-state index in [1.165, 1.54) is 19.3 Å². The predicted molar refractivity (Wildman–Crippen MR) is 57.0 cm³/mol. The van der Waals surface area contributed by atoms with Gasteiger partial charge in [-0.2, -0.15) is 0 Å². The highest BCUT2D eigenvalue weighted by molar-refractivity contribution is 5.77. The number of carbonyl (C=O) groups is 1. The van der Waals surface area contributed by atoms with Crippen LogP contribution in [0.1, 0.15) is 52.9 Å². The molecule has 0 radical (unpaired) electrons. The predicted octanol–water partition coefficient (Wildman–Crippen LogP) is 3.16. The minimum atomic E-state index is -0.172. The van der Waals surface area contributed by atoms with Crippen LogP contribution < -0.4 is 0 Å². The van der Waals surface area contributed by atoms with Crippen LogP contribution in [-0.2, 0) is 9.53 Å². The number of ether oxygens (including phenoxy) is 1. The van der Waals surface area contributed by atoms with Gasteiger partial charge in [0, 0.05) is 0 Å². The first-order valence-electron chi connectivity index (χ1n) is 5.80. The van der Waals surface area contributed by atoms with Crippen LogP contribution in [0.3, 0.4) is 0 Å². The molecule has 0 saturated heterocycles. The average molecular weight is 198 g/mol. The van der Waals surface area contributed by atoms with E-state index in [1.54, 1.807) is 0 Å². The Morgan fingerprint density at radius 3 is 2.29 bits per heavy atom. The standard InChI is InChI=1S/C12H22O2/c1-4-14-11(13)12(10(2)3)8-6-5-7-9-12/h10H,4-9H2,1-3H3. The van der Waals surface area contributed by atoms with Crippen LogP contribution in [-0.4, -0.2) is 12.6 Å². The Labute approximate surface area is 87.0 Å². The van der Waals surface area contributed by atoms with Gasteiger partial charge >= 0.3 is 5.97 Å². The largest absolute Gasteiger partial charge is 0.466 e. The van der Waals surface area contributed by atoms with Crippen LogP contribution >= 0.6 is 0 Å². The van der Waals surface area contributed by atoms with Crippen LogP contribution in [0.5, 0.6) is 0 Å². The number of carbonyl (C=O) groups excluding carboxylic acids is 1. The fraction of sp³-hybridized carbons (Fsp3) is 0.917. The first-order valence-corrected chi connectivity index (χ1v) is 5.80. The summed E-state index contributed by atoms with van der Waals surface area (Å²) in [6.45, 7) is 6.67. The SMILES string of the molecule is CCOC(=O)C1(C(C)C)CCCCC1. The molecule has 0 spiro atoms. The maximum atomic E-state index is 11.9. The lowest BCUT2D eigenvalue weighted by Gasteiger charge is -2.38. The average Bonchev–Trinajstić information content (AvgIpc) is 2.19. The van der Waals surface area contributed by atoms with Crippen molar-refractivity contribution in [3.8, 4) is 0 Å². The summed E-state index contributed by atoms with van der Waals surface area (Å²) >= 11 is 0. The topological polar surface area (TPSA) is 26.3 Å². The summed E-state index contributed by atoms with van der Waals surface area (Å²) in [4.78, 5) is 11.9. The van der Waals surface area contributed by atoms with E-state index < -0.39 is 0 Å². The zero-order chi connectivity index (χ0) is 10.6. The molecule has 0 amide bonds. The Bertz CT molecular complexity index is 190. The summed E-state index contributed by atoms with van der Waals surface area (Å²) in [6, 6.07) is 0. The Kier molecular flexibility index (Phi) is 3.97. The summed E-state index contributed by atoms with van der Waals surface area (Å²) in [5.41, 5.74) is -0.172. The first kappa shape index (κ1) is 11.5. The lowest BCUT2D eigenvalue weighted by Crippen LogP contribution is -2.39. The minimum Gasteiger partial charge on any atom is -0.466 e. The fourth-order valence-electron chi connectivity index (χ4n) is 2.47. The molecule has 0 aromatic rings. The van der Waals surface area contributed by atoms with Gasteiger partial charge in [0.1, 0.15) is 0 Å².